The van der Waals surface area contributed by atoms with Gasteiger partial charge in [0.2, 0.25) is 0 Å². The molecule has 0 bridgehead atoms. The van der Waals surface area contributed by atoms with Gasteiger partial charge in [0.15, 0.2) is 0 Å². The zero-order valence-corrected chi connectivity index (χ0v) is 11.6. The van der Waals surface area contributed by atoms with Gasteiger partial charge in [-0.05, 0) is 43.9 Å². The predicted molar refractivity (Wildman–Crippen MR) is 70.7 cm³/mol. The van der Waals surface area contributed by atoms with Crippen molar-refractivity contribution in [2.24, 2.45) is 23.5 Å². The average Bonchev–Trinajstić information content (AvgIpc) is 2.66. The lowest BCUT2D eigenvalue weighted by molar-refractivity contribution is -0.186. The van der Waals surface area contributed by atoms with Crippen LogP contribution in [0.2, 0.25) is 0 Å². The molecule has 4 heteroatoms. The molecule has 112 valence electrons. The summed E-state index contributed by atoms with van der Waals surface area (Å²) >= 11 is 0. The SMILES string of the molecule is NC(C1CCCCCC1)C1CCCC(C(F)(F)F)C1. The number of hydrogen-bond donors (Lipinski definition) is 1. The second kappa shape index (κ2) is 6.47. The molecule has 0 aromatic rings. The third-order valence-corrected chi connectivity index (χ3v) is 5.17. The van der Waals surface area contributed by atoms with Crippen LogP contribution < -0.4 is 5.73 Å². The van der Waals surface area contributed by atoms with E-state index in [1.165, 1.54) is 25.7 Å². The Hall–Kier alpha value is -0.250. The van der Waals surface area contributed by atoms with Crippen molar-refractivity contribution in [2.45, 2.75) is 76.4 Å². The molecule has 2 aliphatic rings. The van der Waals surface area contributed by atoms with Crippen molar-refractivity contribution in [3.63, 3.8) is 0 Å². The molecule has 0 spiro atoms. The molecule has 0 radical (unpaired) electrons. The minimum atomic E-state index is -4.03. The lowest BCUT2D eigenvalue weighted by Gasteiger charge is -2.37. The van der Waals surface area contributed by atoms with E-state index in [0.29, 0.717) is 18.8 Å². The summed E-state index contributed by atoms with van der Waals surface area (Å²) in [6.45, 7) is 0. The molecule has 19 heavy (non-hydrogen) atoms. The molecule has 1 nitrogen and oxygen atoms in total. The fraction of sp³-hybridized carbons (Fsp3) is 1.00. The quantitative estimate of drug-likeness (QED) is 0.730. The van der Waals surface area contributed by atoms with E-state index in [9.17, 15) is 13.2 Å². The van der Waals surface area contributed by atoms with E-state index >= 15 is 0 Å². The summed E-state index contributed by atoms with van der Waals surface area (Å²) in [7, 11) is 0. The highest BCUT2D eigenvalue weighted by Gasteiger charge is 2.43. The molecule has 0 aliphatic heterocycles. The Balaban J connectivity index is 1.92. The highest BCUT2D eigenvalue weighted by Crippen LogP contribution is 2.42. The Kier molecular flexibility index (Phi) is 5.15. The first-order valence-electron chi connectivity index (χ1n) is 7.81. The zero-order chi connectivity index (χ0) is 13.9. The van der Waals surface area contributed by atoms with Gasteiger partial charge in [-0.1, -0.05) is 32.1 Å². The van der Waals surface area contributed by atoms with E-state index in [1.807, 2.05) is 0 Å². The monoisotopic (exact) mass is 277 g/mol. The molecule has 0 saturated heterocycles. The molecule has 2 fully saturated rings. The lowest BCUT2D eigenvalue weighted by Crippen LogP contribution is -2.42. The Labute approximate surface area is 114 Å². The smallest absolute Gasteiger partial charge is 0.327 e. The van der Waals surface area contributed by atoms with Gasteiger partial charge in [-0.25, -0.2) is 0 Å². The molecule has 2 rings (SSSR count). The van der Waals surface area contributed by atoms with Gasteiger partial charge >= 0.3 is 6.18 Å². The number of nitrogens with two attached hydrogens (primary N) is 1. The summed E-state index contributed by atoms with van der Waals surface area (Å²) in [4.78, 5) is 0. The van der Waals surface area contributed by atoms with Crippen LogP contribution in [0.3, 0.4) is 0 Å². The van der Waals surface area contributed by atoms with Crippen LogP contribution in [0.5, 0.6) is 0 Å². The molecular formula is C15H26F3N. The van der Waals surface area contributed by atoms with Crippen molar-refractivity contribution in [1.82, 2.24) is 0 Å². The molecule has 3 unspecified atom stereocenters. The second-order valence-electron chi connectivity index (χ2n) is 6.49. The number of halogens is 3. The molecule has 3 atom stereocenters. The summed E-state index contributed by atoms with van der Waals surface area (Å²) in [5.41, 5.74) is 6.33. The summed E-state index contributed by atoms with van der Waals surface area (Å²) in [5.74, 6) is -0.564. The fourth-order valence-electron chi connectivity index (χ4n) is 3.96. The van der Waals surface area contributed by atoms with Crippen molar-refractivity contribution in [1.29, 1.82) is 0 Å². The first kappa shape index (κ1) is 15.1. The third-order valence-electron chi connectivity index (χ3n) is 5.17. The van der Waals surface area contributed by atoms with E-state index < -0.39 is 12.1 Å². The summed E-state index contributed by atoms with van der Waals surface area (Å²) in [5, 5.41) is 0. The second-order valence-corrected chi connectivity index (χ2v) is 6.49. The molecule has 0 aromatic carbocycles. The first-order chi connectivity index (χ1) is 8.98. The van der Waals surface area contributed by atoms with Gasteiger partial charge < -0.3 is 5.73 Å². The minimum absolute atomic E-state index is 0.0109. The van der Waals surface area contributed by atoms with Crippen LogP contribution in [0, 0.1) is 17.8 Å². The van der Waals surface area contributed by atoms with Crippen molar-refractivity contribution in [2.75, 3.05) is 0 Å². The van der Waals surface area contributed by atoms with Crippen LogP contribution in [0.4, 0.5) is 13.2 Å². The largest absolute Gasteiger partial charge is 0.391 e. The van der Waals surface area contributed by atoms with Gasteiger partial charge in [-0.2, -0.15) is 13.2 Å². The van der Waals surface area contributed by atoms with E-state index in [-0.39, 0.29) is 18.4 Å². The van der Waals surface area contributed by atoms with Gasteiger partial charge in [-0.3, -0.25) is 0 Å². The maximum atomic E-state index is 12.8. The van der Waals surface area contributed by atoms with E-state index in [0.717, 1.165) is 19.3 Å². The molecule has 2 saturated carbocycles. The Morgan fingerprint density at radius 3 is 1.95 bits per heavy atom. The maximum Gasteiger partial charge on any atom is 0.391 e. The first-order valence-corrected chi connectivity index (χ1v) is 7.81. The van der Waals surface area contributed by atoms with Crippen LogP contribution in [0.1, 0.15) is 64.2 Å². The minimum Gasteiger partial charge on any atom is -0.327 e. The molecule has 2 N–H and O–H groups in total. The predicted octanol–water partition coefficient (Wildman–Crippen LogP) is 4.65. The molecule has 2 aliphatic carbocycles. The van der Waals surface area contributed by atoms with Crippen LogP contribution in [0.15, 0.2) is 0 Å². The zero-order valence-electron chi connectivity index (χ0n) is 11.6. The van der Waals surface area contributed by atoms with Crippen molar-refractivity contribution in [3.8, 4) is 0 Å². The fourth-order valence-corrected chi connectivity index (χ4v) is 3.96. The van der Waals surface area contributed by atoms with Crippen molar-refractivity contribution in [3.05, 3.63) is 0 Å². The van der Waals surface area contributed by atoms with Gasteiger partial charge in [0.1, 0.15) is 0 Å². The molecular weight excluding hydrogens is 251 g/mol. The normalized spacial score (nSPS) is 32.8. The lowest BCUT2D eigenvalue weighted by atomic mass is 9.73. The highest BCUT2D eigenvalue weighted by atomic mass is 19.4. The van der Waals surface area contributed by atoms with Gasteiger partial charge in [0.25, 0.3) is 0 Å². The van der Waals surface area contributed by atoms with Crippen LogP contribution >= 0.6 is 0 Å². The summed E-state index contributed by atoms with van der Waals surface area (Å²) in [6, 6.07) is -0.0109. The van der Waals surface area contributed by atoms with Crippen LogP contribution in [-0.4, -0.2) is 12.2 Å². The summed E-state index contributed by atoms with van der Waals surface area (Å²) in [6.07, 6.45) is 5.29. The molecule has 0 heterocycles. The Morgan fingerprint density at radius 2 is 1.37 bits per heavy atom. The van der Waals surface area contributed by atoms with E-state index in [4.69, 9.17) is 5.73 Å². The number of rotatable bonds is 2. The van der Waals surface area contributed by atoms with Gasteiger partial charge in [0.05, 0.1) is 5.92 Å². The highest BCUT2D eigenvalue weighted by molar-refractivity contribution is 4.87. The van der Waals surface area contributed by atoms with Crippen LogP contribution in [0.25, 0.3) is 0 Å². The average molecular weight is 277 g/mol. The van der Waals surface area contributed by atoms with Crippen molar-refractivity contribution >= 4 is 0 Å². The number of alkyl halides is 3. The summed E-state index contributed by atoms with van der Waals surface area (Å²) < 4.78 is 38.5. The topological polar surface area (TPSA) is 26.0 Å². The molecule has 0 aromatic heterocycles. The van der Waals surface area contributed by atoms with Gasteiger partial charge in [0, 0.05) is 6.04 Å². The standard InChI is InChI=1S/C15H26F3N/c16-15(17,18)13-9-5-8-12(10-13)14(19)11-6-3-1-2-4-7-11/h11-14H,1-10,19H2. The molecule has 0 amide bonds. The number of hydrogen-bond acceptors (Lipinski definition) is 1. The third kappa shape index (κ3) is 4.11. The maximum absolute atomic E-state index is 12.8. The van der Waals surface area contributed by atoms with E-state index in [1.54, 1.807) is 0 Å². The Bertz CT molecular complexity index is 269. The Morgan fingerprint density at radius 1 is 0.789 bits per heavy atom. The van der Waals surface area contributed by atoms with Crippen LogP contribution in [-0.2, 0) is 0 Å². The van der Waals surface area contributed by atoms with Crippen molar-refractivity contribution < 1.29 is 13.2 Å². The van der Waals surface area contributed by atoms with E-state index in [2.05, 4.69) is 0 Å². The van der Waals surface area contributed by atoms with Gasteiger partial charge in [-0.15, -0.1) is 0 Å².